The van der Waals surface area contributed by atoms with Gasteiger partial charge in [-0.25, -0.2) is 0 Å². The van der Waals surface area contributed by atoms with Gasteiger partial charge in [-0.05, 0) is 153 Å². The Kier molecular flexibility index (Phi) is 13.7. The molecule has 0 bridgehead atoms. The molecule has 17 aromatic carbocycles. The Bertz CT molecular complexity index is 5270. The van der Waals surface area contributed by atoms with E-state index < -0.39 is 0 Å². The molecule has 0 saturated carbocycles. The topological polar surface area (TPSA) is 0 Å². The molecule has 0 saturated heterocycles. The van der Waals surface area contributed by atoms with E-state index in [1.54, 1.807) is 0 Å². The van der Waals surface area contributed by atoms with Crippen molar-refractivity contribution < 1.29 is 0 Å². The third-order valence-corrected chi connectivity index (χ3v) is 17.2. The molecule has 86 heavy (non-hydrogen) atoms. The van der Waals surface area contributed by atoms with Gasteiger partial charge in [-0.3, -0.25) is 0 Å². The Hall–Kier alpha value is -11.2. The van der Waals surface area contributed by atoms with Crippen LogP contribution < -0.4 is 0 Å². The lowest BCUT2D eigenvalue weighted by Gasteiger charge is -2.21. The van der Waals surface area contributed by atoms with E-state index in [2.05, 4.69) is 352 Å². The largest absolute Gasteiger partial charge is 0.0622 e. The molecule has 0 unspecified atom stereocenters. The molecule has 0 atom stereocenters. The van der Waals surface area contributed by atoms with Crippen LogP contribution in [0.3, 0.4) is 0 Å². The van der Waals surface area contributed by atoms with Crippen LogP contribution in [-0.2, 0) is 0 Å². The highest BCUT2D eigenvalue weighted by atomic mass is 14.2. The molecule has 17 rings (SSSR count). The summed E-state index contributed by atoms with van der Waals surface area (Å²) in [6.45, 7) is 0. The molecule has 0 radical (unpaired) electrons. The second kappa shape index (κ2) is 22.9. The maximum absolute atomic E-state index is 2.36. The first-order chi connectivity index (χ1) is 42.7. The summed E-state index contributed by atoms with van der Waals surface area (Å²) >= 11 is 0. The van der Waals surface area contributed by atoms with Gasteiger partial charge in [-0.1, -0.05) is 352 Å². The number of fused-ring (bicyclic) bond motifs is 10. The van der Waals surface area contributed by atoms with Crippen LogP contribution in [0.1, 0.15) is 0 Å². The van der Waals surface area contributed by atoms with Gasteiger partial charge >= 0.3 is 0 Å². The standard InChI is InChI=1S/C40H26.C36H24.C10H8/c1-2-11-28(12-3-1)34-23-21-30-15-6-9-19-33(30)39(34)38-26-25-35-31-17-7-5-14-29(31)22-24-37(35)40(38)36-20-10-16-27-13-4-8-18-32(27)36;1-2-11-25(12-3-1)30-23-21-27-14-5-7-16-29(27)36(30)35-18-9-8-17-33(35)32-20-10-19-31-28-15-6-4-13-26(28)22-24-34(31)32;1-2-6-10-8-4-3-7-9(10)5-1/h1-26H;1-24H;1-8H. The van der Waals surface area contributed by atoms with Crippen LogP contribution in [0.2, 0.25) is 0 Å². The zero-order valence-electron chi connectivity index (χ0n) is 47.5. The van der Waals surface area contributed by atoms with Crippen molar-refractivity contribution in [2.75, 3.05) is 0 Å². The Labute approximate surface area is 501 Å². The molecule has 0 aliphatic carbocycles. The number of hydrogen-bond donors (Lipinski definition) is 0. The van der Waals surface area contributed by atoms with Crippen LogP contribution in [0.15, 0.2) is 352 Å². The average Bonchev–Trinajstić information content (AvgIpc) is 1.70. The first-order valence-electron chi connectivity index (χ1n) is 29.7. The quantitative estimate of drug-likeness (QED) is 0.146. The van der Waals surface area contributed by atoms with Crippen molar-refractivity contribution in [3.63, 3.8) is 0 Å². The lowest BCUT2D eigenvalue weighted by Crippen LogP contribution is -1.94. The van der Waals surface area contributed by atoms with Crippen LogP contribution in [0, 0.1) is 0 Å². The number of hydrogen-bond acceptors (Lipinski definition) is 0. The Morgan fingerprint density at radius 2 is 0.407 bits per heavy atom. The van der Waals surface area contributed by atoms with Gasteiger partial charge in [-0.15, -0.1) is 0 Å². The van der Waals surface area contributed by atoms with Gasteiger partial charge in [0.25, 0.3) is 0 Å². The summed E-state index contributed by atoms with van der Waals surface area (Å²) < 4.78 is 0. The summed E-state index contributed by atoms with van der Waals surface area (Å²) in [5.74, 6) is 0. The molecular formula is C86H58. The van der Waals surface area contributed by atoms with Crippen molar-refractivity contribution in [3.8, 4) is 66.8 Å². The lowest BCUT2D eigenvalue weighted by molar-refractivity contribution is 1.60. The number of rotatable bonds is 6. The van der Waals surface area contributed by atoms with E-state index in [0.717, 1.165) is 0 Å². The molecule has 0 N–H and O–H groups in total. The van der Waals surface area contributed by atoms with Crippen LogP contribution in [0.25, 0.3) is 153 Å². The maximum atomic E-state index is 2.36. The molecule has 0 fully saturated rings. The van der Waals surface area contributed by atoms with Gasteiger partial charge in [0.05, 0.1) is 0 Å². The highest BCUT2D eigenvalue weighted by Crippen LogP contribution is 2.49. The van der Waals surface area contributed by atoms with E-state index in [0.29, 0.717) is 0 Å². The van der Waals surface area contributed by atoms with E-state index in [1.807, 2.05) is 0 Å². The zero-order chi connectivity index (χ0) is 57.2. The highest BCUT2D eigenvalue weighted by molar-refractivity contribution is 6.20. The fraction of sp³-hybridized carbons (Fsp3) is 0. The summed E-state index contributed by atoms with van der Waals surface area (Å²) in [7, 11) is 0. The second-order valence-corrected chi connectivity index (χ2v) is 22.1. The predicted molar refractivity (Wildman–Crippen MR) is 372 cm³/mol. The molecule has 17 aromatic rings. The summed E-state index contributed by atoms with van der Waals surface area (Å²) in [6, 6.07) is 127. The SMILES string of the molecule is c1ccc(-c2ccc3ccccc3c2-c2ccc3c(ccc4ccccc43)c2-c2cccc3ccccc23)cc1.c1ccc(-c2ccc3ccccc3c2-c2ccccc2-c2cccc3c2ccc2ccccc23)cc1.c1ccc2ccccc2c1. The van der Waals surface area contributed by atoms with Crippen molar-refractivity contribution in [1.29, 1.82) is 0 Å². The zero-order valence-corrected chi connectivity index (χ0v) is 47.5. The second-order valence-electron chi connectivity index (χ2n) is 22.1. The fourth-order valence-corrected chi connectivity index (χ4v) is 13.2. The fourth-order valence-electron chi connectivity index (χ4n) is 13.2. The molecule has 0 heteroatoms. The van der Waals surface area contributed by atoms with Gasteiger partial charge in [0.15, 0.2) is 0 Å². The summed E-state index contributed by atoms with van der Waals surface area (Å²) in [5.41, 5.74) is 15.1. The van der Waals surface area contributed by atoms with Gasteiger partial charge < -0.3 is 0 Å². The van der Waals surface area contributed by atoms with Crippen LogP contribution in [0.4, 0.5) is 0 Å². The third kappa shape index (κ3) is 9.60. The Morgan fingerprint density at radius 1 is 0.105 bits per heavy atom. The van der Waals surface area contributed by atoms with Crippen molar-refractivity contribution in [2.45, 2.75) is 0 Å². The van der Waals surface area contributed by atoms with E-state index >= 15 is 0 Å². The molecule has 0 aliphatic heterocycles. The van der Waals surface area contributed by atoms with Gasteiger partial charge in [0.1, 0.15) is 0 Å². The smallest absolute Gasteiger partial charge is 0.00199 e. The minimum Gasteiger partial charge on any atom is -0.0622 e. The summed E-state index contributed by atoms with van der Waals surface area (Å²) in [5, 5.41) is 20.5. The Morgan fingerprint density at radius 3 is 0.953 bits per heavy atom. The first kappa shape index (κ1) is 51.7. The average molecular weight is 1090 g/mol. The van der Waals surface area contributed by atoms with E-state index in [1.165, 1.54) is 153 Å². The molecule has 0 aliphatic rings. The van der Waals surface area contributed by atoms with Crippen molar-refractivity contribution in [1.82, 2.24) is 0 Å². The molecular weight excluding hydrogens is 1030 g/mol. The minimum absolute atomic E-state index is 1.23. The first-order valence-corrected chi connectivity index (χ1v) is 29.7. The predicted octanol–water partition coefficient (Wildman–Crippen LogP) is 24.3. The van der Waals surface area contributed by atoms with Crippen LogP contribution in [-0.4, -0.2) is 0 Å². The van der Waals surface area contributed by atoms with E-state index in [-0.39, 0.29) is 0 Å². The maximum Gasteiger partial charge on any atom is -0.00199 e. The lowest BCUT2D eigenvalue weighted by atomic mass is 9.82. The van der Waals surface area contributed by atoms with Crippen molar-refractivity contribution in [2.24, 2.45) is 0 Å². The molecule has 0 aromatic heterocycles. The molecule has 0 amide bonds. The molecule has 0 nitrogen and oxygen atoms in total. The normalized spacial score (nSPS) is 11.3. The van der Waals surface area contributed by atoms with Gasteiger partial charge in [0, 0.05) is 0 Å². The van der Waals surface area contributed by atoms with E-state index in [4.69, 9.17) is 0 Å². The molecule has 402 valence electrons. The monoisotopic (exact) mass is 1090 g/mol. The molecule has 0 heterocycles. The van der Waals surface area contributed by atoms with Crippen molar-refractivity contribution >= 4 is 86.2 Å². The van der Waals surface area contributed by atoms with Gasteiger partial charge in [0.2, 0.25) is 0 Å². The van der Waals surface area contributed by atoms with E-state index in [9.17, 15) is 0 Å². The molecule has 0 spiro atoms. The Balaban J connectivity index is 0.000000125. The minimum atomic E-state index is 1.23. The van der Waals surface area contributed by atoms with Crippen LogP contribution in [0.5, 0.6) is 0 Å². The highest BCUT2D eigenvalue weighted by Gasteiger charge is 2.21. The van der Waals surface area contributed by atoms with Crippen molar-refractivity contribution in [3.05, 3.63) is 352 Å². The summed E-state index contributed by atoms with van der Waals surface area (Å²) in [6.07, 6.45) is 0. The summed E-state index contributed by atoms with van der Waals surface area (Å²) in [4.78, 5) is 0. The van der Waals surface area contributed by atoms with Crippen LogP contribution >= 0.6 is 0 Å². The van der Waals surface area contributed by atoms with Gasteiger partial charge in [-0.2, -0.15) is 0 Å². The third-order valence-electron chi connectivity index (χ3n) is 17.2. The number of benzene rings is 17.